The van der Waals surface area contributed by atoms with Crippen molar-refractivity contribution in [3.8, 4) is 11.5 Å². The first-order valence-corrected chi connectivity index (χ1v) is 10.6. The van der Waals surface area contributed by atoms with E-state index < -0.39 is 12.1 Å². The zero-order valence-corrected chi connectivity index (χ0v) is 17.5. The molecule has 162 valence electrons. The Morgan fingerprint density at radius 2 is 2.00 bits per heavy atom. The van der Waals surface area contributed by atoms with Crippen LogP contribution in [0.15, 0.2) is 42.5 Å². The van der Waals surface area contributed by atoms with E-state index in [-0.39, 0.29) is 13.2 Å². The van der Waals surface area contributed by atoms with Gasteiger partial charge in [-0.15, -0.1) is 0 Å². The molecule has 0 fully saturated rings. The van der Waals surface area contributed by atoms with Crippen molar-refractivity contribution in [3.63, 3.8) is 0 Å². The molecule has 2 atom stereocenters. The molecule has 0 amide bonds. The number of aliphatic hydroxyl groups is 1. The van der Waals surface area contributed by atoms with Crippen LogP contribution in [-0.4, -0.2) is 37.0 Å². The van der Waals surface area contributed by atoms with Gasteiger partial charge in [-0.2, -0.15) is 0 Å². The Hall–Kier alpha value is -2.73. The van der Waals surface area contributed by atoms with Gasteiger partial charge in [-0.1, -0.05) is 24.3 Å². The molecule has 0 saturated heterocycles. The highest BCUT2D eigenvalue weighted by Gasteiger charge is 2.23. The number of ether oxygens (including phenoxy) is 3. The minimum atomic E-state index is -0.541. The van der Waals surface area contributed by atoms with Crippen molar-refractivity contribution in [1.29, 1.82) is 0 Å². The van der Waals surface area contributed by atoms with Crippen molar-refractivity contribution >= 4 is 11.7 Å². The summed E-state index contributed by atoms with van der Waals surface area (Å²) >= 11 is 0. The van der Waals surface area contributed by atoms with Crippen LogP contribution in [0.5, 0.6) is 11.5 Å². The minimum absolute atomic E-state index is 0.157. The van der Waals surface area contributed by atoms with Gasteiger partial charge in [0.2, 0.25) is 0 Å². The predicted molar refractivity (Wildman–Crippen MR) is 116 cm³/mol. The lowest BCUT2D eigenvalue weighted by atomic mass is 9.91. The molecule has 0 radical (unpaired) electrons. The molecular weight excluding hydrogens is 382 g/mol. The lowest BCUT2D eigenvalue weighted by Gasteiger charge is -2.21. The molecule has 0 spiro atoms. The van der Waals surface area contributed by atoms with E-state index in [1.165, 1.54) is 5.56 Å². The lowest BCUT2D eigenvalue weighted by Crippen LogP contribution is -2.22. The van der Waals surface area contributed by atoms with Crippen molar-refractivity contribution in [2.75, 3.05) is 25.6 Å². The molecule has 6 nitrogen and oxygen atoms in total. The number of hydrogen-bond acceptors (Lipinski definition) is 6. The van der Waals surface area contributed by atoms with Crippen LogP contribution >= 0.6 is 0 Å². The first-order valence-electron chi connectivity index (χ1n) is 10.6. The summed E-state index contributed by atoms with van der Waals surface area (Å²) in [4.78, 5) is 11.6. The first-order chi connectivity index (χ1) is 14.6. The number of fused-ring (bicyclic) bond motifs is 1. The molecule has 0 heterocycles. The zero-order valence-electron chi connectivity index (χ0n) is 17.5. The number of para-hydroxylation sites is 1. The number of aryl methyl sites for hydroxylation is 1. The van der Waals surface area contributed by atoms with E-state index in [1.54, 1.807) is 6.92 Å². The van der Waals surface area contributed by atoms with E-state index in [2.05, 4.69) is 0 Å². The second kappa shape index (κ2) is 10.9. The van der Waals surface area contributed by atoms with E-state index in [1.807, 2.05) is 42.5 Å². The third-order valence-electron chi connectivity index (χ3n) is 5.41. The summed E-state index contributed by atoms with van der Waals surface area (Å²) in [6, 6.07) is 13.4. The van der Waals surface area contributed by atoms with Gasteiger partial charge in [-0.05, 0) is 74.3 Å². The first kappa shape index (κ1) is 22.0. The fourth-order valence-corrected chi connectivity index (χ4v) is 3.96. The van der Waals surface area contributed by atoms with Crippen molar-refractivity contribution < 1.29 is 24.1 Å². The zero-order chi connectivity index (χ0) is 21.3. The molecule has 0 aliphatic heterocycles. The molecule has 6 heteroatoms. The van der Waals surface area contributed by atoms with Crippen LogP contribution in [-0.2, 0) is 22.4 Å². The largest absolute Gasteiger partial charge is 0.491 e. The smallest absolute Gasteiger partial charge is 0.344 e. The highest BCUT2D eigenvalue weighted by molar-refractivity contribution is 5.72. The summed E-state index contributed by atoms with van der Waals surface area (Å²) in [5, 5.41) is 10.5. The molecule has 0 bridgehead atoms. The minimum Gasteiger partial charge on any atom is -0.491 e. The topological polar surface area (TPSA) is 91.0 Å². The monoisotopic (exact) mass is 413 g/mol. The van der Waals surface area contributed by atoms with Crippen LogP contribution in [0.25, 0.3) is 0 Å². The summed E-state index contributed by atoms with van der Waals surface area (Å²) in [5.74, 6) is 1.17. The quantitative estimate of drug-likeness (QED) is 0.371. The Bertz CT molecular complexity index is 824. The highest BCUT2D eigenvalue weighted by Crippen LogP contribution is 2.35. The van der Waals surface area contributed by atoms with Crippen molar-refractivity contribution in [1.82, 2.24) is 0 Å². The highest BCUT2D eigenvalue weighted by atomic mass is 16.6. The van der Waals surface area contributed by atoms with E-state index in [0.717, 1.165) is 37.0 Å². The van der Waals surface area contributed by atoms with Gasteiger partial charge in [0.25, 0.3) is 0 Å². The number of aliphatic hydroxyl groups excluding tert-OH is 1. The maximum atomic E-state index is 11.6. The van der Waals surface area contributed by atoms with E-state index in [0.29, 0.717) is 30.4 Å². The number of anilines is 1. The van der Waals surface area contributed by atoms with Crippen LogP contribution < -0.4 is 15.2 Å². The Kier molecular flexibility index (Phi) is 7.97. The van der Waals surface area contributed by atoms with Gasteiger partial charge in [0.1, 0.15) is 18.1 Å². The maximum absolute atomic E-state index is 11.6. The summed E-state index contributed by atoms with van der Waals surface area (Å²) < 4.78 is 16.2. The van der Waals surface area contributed by atoms with E-state index in [9.17, 15) is 9.90 Å². The van der Waals surface area contributed by atoms with Crippen molar-refractivity contribution in [2.45, 2.75) is 45.1 Å². The fourth-order valence-electron chi connectivity index (χ4n) is 3.96. The Morgan fingerprint density at radius 1 is 1.20 bits per heavy atom. The molecule has 1 unspecified atom stereocenters. The maximum Gasteiger partial charge on any atom is 0.344 e. The molecule has 3 rings (SSSR count). The molecule has 0 aromatic heterocycles. The van der Waals surface area contributed by atoms with E-state index in [4.69, 9.17) is 19.9 Å². The molecular formula is C24H31NO5. The third-order valence-corrected chi connectivity index (χ3v) is 5.41. The summed E-state index contributed by atoms with van der Waals surface area (Å²) in [6.45, 7) is 2.19. The van der Waals surface area contributed by atoms with Crippen molar-refractivity contribution in [3.05, 3.63) is 53.6 Å². The predicted octanol–water partition coefficient (Wildman–Crippen LogP) is 3.54. The summed E-state index contributed by atoms with van der Waals surface area (Å²) in [6.07, 6.45) is 3.91. The Labute approximate surface area is 177 Å². The Balaban J connectivity index is 1.60. The van der Waals surface area contributed by atoms with Crippen LogP contribution in [0, 0.1) is 5.92 Å². The summed E-state index contributed by atoms with van der Waals surface area (Å²) in [5.41, 5.74) is 9.26. The van der Waals surface area contributed by atoms with Gasteiger partial charge in [0.05, 0.1) is 18.4 Å². The molecule has 3 N–H and O–H groups in total. The van der Waals surface area contributed by atoms with Crippen LogP contribution in [0.2, 0.25) is 0 Å². The van der Waals surface area contributed by atoms with Crippen LogP contribution in [0.3, 0.4) is 0 Å². The fraction of sp³-hybridized carbons (Fsp3) is 0.458. The van der Waals surface area contributed by atoms with Gasteiger partial charge in [-0.25, -0.2) is 4.79 Å². The number of carbonyl (C=O) groups is 1. The second-order valence-electron chi connectivity index (χ2n) is 7.68. The average Bonchev–Trinajstić information content (AvgIpc) is 2.95. The summed E-state index contributed by atoms with van der Waals surface area (Å²) in [7, 11) is 0. The average molecular weight is 414 g/mol. The number of nitrogen functional groups attached to an aromatic ring is 1. The molecule has 2 aromatic carbocycles. The van der Waals surface area contributed by atoms with Gasteiger partial charge in [0.15, 0.2) is 6.61 Å². The lowest BCUT2D eigenvalue weighted by molar-refractivity contribution is -0.145. The second-order valence-corrected chi connectivity index (χ2v) is 7.68. The normalized spacial score (nSPS) is 16.8. The number of hydrogen-bond donors (Lipinski definition) is 2. The van der Waals surface area contributed by atoms with Gasteiger partial charge in [-0.3, -0.25) is 0 Å². The SMILES string of the molecule is CCOC(=O)COc1ccc2c(c1N)CC(C[C@H](O)COc1ccccc1)CCC2. The van der Waals surface area contributed by atoms with Gasteiger partial charge < -0.3 is 25.1 Å². The third kappa shape index (κ3) is 6.13. The molecule has 30 heavy (non-hydrogen) atoms. The number of esters is 1. The molecule has 1 aliphatic carbocycles. The standard InChI is InChI=1S/C24H31NO5/c1-2-28-23(27)16-30-22-12-11-18-8-6-7-17(14-21(18)24(22)25)13-19(26)15-29-20-9-4-3-5-10-20/h3-5,9-12,17,19,26H,2,6-8,13-16,25H2,1H3/t17?,19-/m0/s1. The van der Waals surface area contributed by atoms with Gasteiger partial charge >= 0.3 is 5.97 Å². The van der Waals surface area contributed by atoms with Crippen molar-refractivity contribution in [2.24, 2.45) is 5.92 Å². The van der Waals surface area contributed by atoms with Gasteiger partial charge in [0, 0.05) is 0 Å². The molecule has 0 saturated carbocycles. The van der Waals surface area contributed by atoms with E-state index >= 15 is 0 Å². The van der Waals surface area contributed by atoms with Crippen LogP contribution in [0.4, 0.5) is 5.69 Å². The van der Waals surface area contributed by atoms with Crippen LogP contribution in [0.1, 0.15) is 37.3 Å². The molecule has 1 aliphatic rings. The number of carbonyl (C=O) groups excluding carboxylic acids is 1. The number of benzene rings is 2. The number of rotatable bonds is 9. The number of nitrogens with two attached hydrogens (primary N) is 1. The molecule has 2 aromatic rings. The Morgan fingerprint density at radius 3 is 2.77 bits per heavy atom.